The minimum absolute atomic E-state index is 0.0355. The molecular formula is C28H32N4O3. The van der Waals surface area contributed by atoms with Gasteiger partial charge in [0.2, 0.25) is 5.91 Å². The molecule has 2 N–H and O–H groups in total. The van der Waals surface area contributed by atoms with Gasteiger partial charge in [0.25, 0.3) is 11.8 Å². The molecule has 7 heteroatoms. The molecule has 0 aliphatic rings. The Kier molecular flexibility index (Phi) is 9.01. The highest BCUT2D eigenvalue weighted by Gasteiger charge is 2.16. The minimum atomic E-state index is -0.232. The van der Waals surface area contributed by atoms with Gasteiger partial charge >= 0.3 is 0 Å². The molecule has 0 aliphatic heterocycles. The van der Waals surface area contributed by atoms with Gasteiger partial charge in [-0.15, -0.1) is 0 Å². The lowest BCUT2D eigenvalue weighted by Crippen LogP contribution is -2.30. The predicted octanol–water partition coefficient (Wildman–Crippen LogP) is 4.89. The van der Waals surface area contributed by atoms with Crippen LogP contribution in [0.1, 0.15) is 41.5 Å². The van der Waals surface area contributed by atoms with Crippen molar-refractivity contribution >= 4 is 34.8 Å². The van der Waals surface area contributed by atoms with E-state index >= 15 is 0 Å². The first-order valence-electron chi connectivity index (χ1n) is 11.9. The number of hydrogen-bond donors (Lipinski definition) is 2. The monoisotopic (exact) mass is 472 g/mol. The number of benzene rings is 3. The third-order valence-corrected chi connectivity index (χ3v) is 5.66. The average Bonchev–Trinajstić information content (AvgIpc) is 2.89. The van der Waals surface area contributed by atoms with Crippen LogP contribution in [-0.2, 0) is 4.79 Å². The molecule has 0 unspecified atom stereocenters. The average molecular weight is 473 g/mol. The second kappa shape index (κ2) is 12.4. The molecule has 3 aromatic carbocycles. The summed E-state index contributed by atoms with van der Waals surface area (Å²) in [7, 11) is 0. The lowest BCUT2D eigenvalue weighted by Gasteiger charge is -2.21. The van der Waals surface area contributed by atoms with Gasteiger partial charge in [0.05, 0.1) is 6.54 Å². The molecule has 0 aromatic heterocycles. The summed E-state index contributed by atoms with van der Waals surface area (Å²) in [6.07, 6.45) is 0. The topological polar surface area (TPSA) is 81.8 Å². The van der Waals surface area contributed by atoms with Gasteiger partial charge in [-0.2, -0.15) is 0 Å². The van der Waals surface area contributed by atoms with Gasteiger partial charge in [-0.05, 0) is 75.4 Å². The summed E-state index contributed by atoms with van der Waals surface area (Å²) in [6.45, 7) is 7.70. The number of carbonyl (C=O) groups is 3. The number of hydrogen-bond acceptors (Lipinski definition) is 4. The molecular weight excluding hydrogens is 440 g/mol. The van der Waals surface area contributed by atoms with Crippen molar-refractivity contribution < 1.29 is 14.4 Å². The smallest absolute Gasteiger partial charge is 0.258 e. The van der Waals surface area contributed by atoms with Crippen LogP contribution >= 0.6 is 0 Å². The van der Waals surface area contributed by atoms with Crippen molar-refractivity contribution in [3.05, 3.63) is 90.0 Å². The second-order valence-corrected chi connectivity index (χ2v) is 7.92. The van der Waals surface area contributed by atoms with Crippen LogP contribution in [0.5, 0.6) is 0 Å². The Morgan fingerprint density at radius 1 is 0.686 bits per heavy atom. The highest BCUT2D eigenvalue weighted by atomic mass is 16.2. The third-order valence-electron chi connectivity index (χ3n) is 5.66. The second-order valence-electron chi connectivity index (χ2n) is 7.92. The Morgan fingerprint density at radius 2 is 1.37 bits per heavy atom. The molecule has 3 amide bonds. The normalized spacial score (nSPS) is 10.4. The van der Waals surface area contributed by atoms with Crippen molar-refractivity contribution in [1.82, 2.24) is 4.90 Å². The fourth-order valence-electron chi connectivity index (χ4n) is 3.75. The van der Waals surface area contributed by atoms with Gasteiger partial charge < -0.3 is 20.4 Å². The van der Waals surface area contributed by atoms with Crippen LogP contribution in [0.2, 0.25) is 0 Å². The van der Waals surface area contributed by atoms with E-state index in [9.17, 15) is 14.4 Å². The van der Waals surface area contributed by atoms with Crippen molar-refractivity contribution in [2.75, 3.05) is 41.7 Å². The quantitative estimate of drug-likeness (QED) is 0.440. The number of nitrogens with one attached hydrogen (secondary N) is 2. The van der Waals surface area contributed by atoms with Gasteiger partial charge in [-0.1, -0.05) is 24.3 Å². The van der Waals surface area contributed by atoms with Crippen molar-refractivity contribution in [2.24, 2.45) is 0 Å². The lowest BCUT2D eigenvalue weighted by atomic mass is 10.1. The maximum atomic E-state index is 12.9. The Bertz CT molecular complexity index is 1140. The van der Waals surface area contributed by atoms with Crippen molar-refractivity contribution in [1.29, 1.82) is 0 Å². The molecule has 0 heterocycles. The first kappa shape index (κ1) is 25.5. The maximum absolute atomic E-state index is 12.9. The number of carbonyl (C=O) groups excluding carboxylic acids is 3. The molecule has 35 heavy (non-hydrogen) atoms. The van der Waals surface area contributed by atoms with Crippen LogP contribution in [0, 0.1) is 0 Å². The standard InChI is InChI=1S/C28H32N4O3/c1-4-31(5-2)27(34)22-11-10-12-24(19-22)29-20-26(33)30-23-17-15-21(16-18-23)28(35)32(6-3)25-13-8-7-9-14-25/h7-19,29H,4-6,20H2,1-3H3,(H,30,33). The van der Waals surface area contributed by atoms with E-state index in [4.69, 9.17) is 0 Å². The van der Waals surface area contributed by atoms with E-state index < -0.39 is 0 Å². The highest BCUT2D eigenvalue weighted by Crippen LogP contribution is 2.18. The molecule has 182 valence electrons. The van der Waals surface area contributed by atoms with Crippen LogP contribution in [0.4, 0.5) is 17.1 Å². The minimum Gasteiger partial charge on any atom is -0.376 e. The van der Waals surface area contributed by atoms with E-state index in [2.05, 4.69) is 10.6 Å². The van der Waals surface area contributed by atoms with Gasteiger partial charge in [0, 0.05) is 47.8 Å². The molecule has 0 aliphatic carbocycles. The molecule has 0 fully saturated rings. The van der Waals surface area contributed by atoms with Crippen LogP contribution in [0.3, 0.4) is 0 Å². The molecule has 0 saturated carbocycles. The van der Waals surface area contributed by atoms with Gasteiger partial charge in [-0.3, -0.25) is 14.4 Å². The predicted molar refractivity (Wildman–Crippen MR) is 141 cm³/mol. The number of anilines is 3. The fraction of sp³-hybridized carbons (Fsp3) is 0.250. The maximum Gasteiger partial charge on any atom is 0.258 e. The summed E-state index contributed by atoms with van der Waals surface area (Å²) in [5.74, 6) is -0.368. The number of nitrogens with zero attached hydrogens (tertiary/aromatic N) is 2. The molecule has 3 rings (SSSR count). The Balaban J connectivity index is 1.57. The molecule has 0 bridgehead atoms. The molecule has 0 saturated heterocycles. The van der Waals surface area contributed by atoms with Gasteiger partial charge in [0.15, 0.2) is 0 Å². The molecule has 3 aromatic rings. The summed E-state index contributed by atoms with van der Waals surface area (Å²) in [4.78, 5) is 41.4. The van der Waals surface area contributed by atoms with E-state index in [0.717, 1.165) is 5.69 Å². The van der Waals surface area contributed by atoms with E-state index in [1.165, 1.54) is 0 Å². The summed E-state index contributed by atoms with van der Waals surface area (Å²) >= 11 is 0. The molecule has 0 atom stereocenters. The van der Waals surface area contributed by atoms with Gasteiger partial charge in [-0.25, -0.2) is 0 Å². The SMILES string of the molecule is CCN(CC)C(=O)c1cccc(NCC(=O)Nc2ccc(C(=O)N(CC)c3ccccc3)cc2)c1. The van der Waals surface area contributed by atoms with Crippen molar-refractivity contribution in [3.63, 3.8) is 0 Å². The molecule has 7 nitrogen and oxygen atoms in total. The van der Waals surface area contributed by atoms with Crippen LogP contribution in [0.25, 0.3) is 0 Å². The third kappa shape index (κ3) is 6.69. The number of rotatable bonds is 10. The van der Waals surface area contributed by atoms with E-state index in [0.29, 0.717) is 42.1 Å². The Labute approximate surface area is 206 Å². The van der Waals surface area contributed by atoms with E-state index in [1.54, 1.807) is 52.3 Å². The molecule has 0 spiro atoms. The largest absolute Gasteiger partial charge is 0.376 e. The van der Waals surface area contributed by atoms with E-state index in [-0.39, 0.29) is 24.3 Å². The van der Waals surface area contributed by atoms with Crippen LogP contribution < -0.4 is 15.5 Å². The number of amides is 3. The molecule has 0 radical (unpaired) electrons. The summed E-state index contributed by atoms with van der Waals surface area (Å²) in [6, 6.07) is 23.5. The van der Waals surface area contributed by atoms with E-state index in [1.807, 2.05) is 57.2 Å². The first-order valence-corrected chi connectivity index (χ1v) is 11.9. The lowest BCUT2D eigenvalue weighted by molar-refractivity contribution is -0.114. The van der Waals surface area contributed by atoms with Gasteiger partial charge in [0.1, 0.15) is 0 Å². The summed E-state index contributed by atoms with van der Waals surface area (Å²) < 4.78 is 0. The number of para-hydroxylation sites is 1. The summed E-state index contributed by atoms with van der Waals surface area (Å²) in [5, 5.41) is 5.89. The van der Waals surface area contributed by atoms with Crippen LogP contribution in [0.15, 0.2) is 78.9 Å². The Morgan fingerprint density at radius 3 is 2.00 bits per heavy atom. The fourth-order valence-corrected chi connectivity index (χ4v) is 3.75. The Hall–Kier alpha value is -4.13. The first-order chi connectivity index (χ1) is 17.0. The zero-order valence-electron chi connectivity index (χ0n) is 20.5. The van der Waals surface area contributed by atoms with Crippen molar-refractivity contribution in [3.8, 4) is 0 Å². The summed E-state index contributed by atoms with van der Waals surface area (Å²) in [5.41, 5.74) is 3.25. The van der Waals surface area contributed by atoms with Crippen molar-refractivity contribution in [2.45, 2.75) is 20.8 Å². The zero-order chi connectivity index (χ0) is 25.2. The van der Waals surface area contributed by atoms with Crippen LogP contribution in [-0.4, -0.2) is 48.8 Å². The highest BCUT2D eigenvalue weighted by molar-refractivity contribution is 6.06. The zero-order valence-corrected chi connectivity index (χ0v) is 20.5.